The van der Waals surface area contributed by atoms with Crippen LogP contribution in [0.2, 0.25) is 0 Å². The van der Waals surface area contributed by atoms with Crippen molar-refractivity contribution in [2.75, 3.05) is 12.8 Å². The zero-order valence-corrected chi connectivity index (χ0v) is 16.6. The summed E-state index contributed by atoms with van der Waals surface area (Å²) in [6.07, 6.45) is 2.92. The van der Waals surface area contributed by atoms with Crippen LogP contribution in [0.1, 0.15) is 30.6 Å². The van der Waals surface area contributed by atoms with Crippen LogP contribution >= 0.6 is 23.1 Å². The van der Waals surface area contributed by atoms with Gasteiger partial charge in [-0.1, -0.05) is 6.42 Å². The largest absolute Gasteiger partial charge is 0.412 e. The Labute approximate surface area is 166 Å². The maximum Gasteiger partial charge on any atom is 0.412 e. The van der Waals surface area contributed by atoms with Crippen LogP contribution in [-0.2, 0) is 9.54 Å². The number of carbonyl (C=O) groups excluding carboxylic acids is 2. The molecule has 0 radical (unpaired) electrons. The van der Waals surface area contributed by atoms with Gasteiger partial charge in [-0.2, -0.15) is 0 Å². The first-order chi connectivity index (χ1) is 13.1. The molecular formula is C19H22N2O4S2. The third kappa shape index (κ3) is 4.63. The second kappa shape index (κ2) is 8.77. The second-order valence-corrected chi connectivity index (χ2v) is 8.90. The minimum atomic E-state index is -0.500. The number of thioether (sulfide) groups is 1. The summed E-state index contributed by atoms with van der Waals surface area (Å²) in [5.74, 6) is 1.14. The maximum atomic E-state index is 11.9. The second-order valence-electron chi connectivity index (χ2n) is 6.34. The highest BCUT2D eigenvalue weighted by molar-refractivity contribution is 8.00. The van der Waals surface area contributed by atoms with Gasteiger partial charge < -0.3 is 10.1 Å². The molecule has 0 unspecified atom stereocenters. The van der Waals surface area contributed by atoms with Crippen molar-refractivity contribution >= 4 is 35.1 Å². The summed E-state index contributed by atoms with van der Waals surface area (Å²) in [7, 11) is 1.51. The zero-order valence-electron chi connectivity index (χ0n) is 15.0. The molecule has 1 aromatic heterocycles. The SMILES string of the molecule is CNC(=O)Oc1ccc(-c2ccc([C@@]3(CC(=O)NO)CCCCS3)s2)cc1. The molecule has 1 aliphatic heterocycles. The van der Waals surface area contributed by atoms with E-state index in [4.69, 9.17) is 9.94 Å². The number of hydroxylamine groups is 1. The van der Waals surface area contributed by atoms with Gasteiger partial charge in [-0.05, 0) is 60.6 Å². The summed E-state index contributed by atoms with van der Waals surface area (Å²) in [5, 5.41) is 11.4. The zero-order chi connectivity index (χ0) is 19.3. The van der Waals surface area contributed by atoms with Crippen LogP contribution in [0.5, 0.6) is 5.75 Å². The molecule has 3 N–H and O–H groups in total. The van der Waals surface area contributed by atoms with Gasteiger partial charge in [0.2, 0.25) is 5.91 Å². The van der Waals surface area contributed by atoms with Crippen molar-refractivity contribution in [3.63, 3.8) is 0 Å². The van der Waals surface area contributed by atoms with Crippen molar-refractivity contribution in [3.05, 3.63) is 41.3 Å². The molecule has 1 fully saturated rings. The summed E-state index contributed by atoms with van der Waals surface area (Å²) < 4.78 is 4.83. The van der Waals surface area contributed by atoms with Crippen molar-refractivity contribution in [1.82, 2.24) is 10.8 Å². The van der Waals surface area contributed by atoms with Gasteiger partial charge in [-0.15, -0.1) is 23.1 Å². The number of hydrogen-bond donors (Lipinski definition) is 3. The minimum Gasteiger partial charge on any atom is -0.410 e. The number of nitrogens with one attached hydrogen (secondary N) is 2. The summed E-state index contributed by atoms with van der Waals surface area (Å²) in [4.78, 5) is 25.4. The van der Waals surface area contributed by atoms with Gasteiger partial charge in [0.15, 0.2) is 0 Å². The van der Waals surface area contributed by atoms with E-state index in [2.05, 4.69) is 17.4 Å². The van der Waals surface area contributed by atoms with Crippen LogP contribution in [-0.4, -0.2) is 30.0 Å². The number of rotatable bonds is 5. The Morgan fingerprint density at radius 3 is 2.59 bits per heavy atom. The van der Waals surface area contributed by atoms with Crippen molar-refractivity contribution in [1.29, 1.82) is 0 Å². The van der Waals surface area contributed by atoms with E-state index in [0.717, 1.165) is 40.3 Å². The molecule has 2 amide bonds. The molecule has 27 heavy (non-hydrogen) atoms. The van der Waals surface area contributed by atoms with Gasteiger partial charge in [0.05, 0.1) is 4.75 Å². The lowest BCUT2D eigenvalue weighted by molar-refractivity contribution is -0.129. The monoisotopic (exact) mass is 406 g/mol. The van der Waals surface area contributed by atoms with E-state index in [0.29, 0.717) is 5.75 Å². The summed E-state index contributed by atoms with van der Waals surface area (Å²) in [6, 6.07) is 11.5. The molecule has 1 atom stereocenters. The average molecular weight is 407 g/mol. The first kappa shape index (κ1) is 19.7. The number of amides is 2. The molecule has 0 aliphatic carbocycles. The quantitative estimate of drug-likeness (QED) is 0.513. The summed E-state index contributed by atoms with van der Waals surface area (Å²) >= 11 is 3.47. The normalized spacial score (nSPS) is 19.3. The molecule has 0 bridgehead atoms. The third-order valence-corrected chi connectivity index (χ3v) is 7.61. The highest BCUT2D eigenvalue weighted by atomic mass is 32.2. The Kier molecular flexibility index (Phi) is 6.41. The van der Waals surface area contributed by atoms with Gasteiger partial charge in [-0.25, -0.2) is 10.3 Å². The number of thiophene rings is 1. The minimum absolute atomic E-state index is 0.271. The molecule has 1 aliphatic rings. The van der Waals surface area contributed by atoms with Gasteiger partial charge in [0, 0.05) is 23.2 Å². The highest BCUT2D eigenvalue weighted by Crippen LogP contribution is 2.50. The van der Waals surface area contributed by atoms with Gasteiger partial charge >= 0.3 is 6.09 Å². The fourth-order valence-electron chi connectivity index (χ4n) is 3.16. The number of carbonyl (C=O) groups is 2. The highest BCUT2D eigenvalue weighted by Gasteiger charge is 2.38. The Bertz CT molecular complexity index is 798. The van der Waals surface area contributed by atoms with E-state index in [1.54, 1.807) is 40.7 Å². The number of hydrogen-bond acceptors (Lipinski definition) is 6. The topological polar surface area (TPSA) is 87.7 Å². The first-order valence-electron chi connectivity index (χ1n) is 8.73. The van der Waals surface area contributed by atoms with E-state index < -0.39 is 6.09 Å². The van der Waals surface area contributed by atoms with Gasteiger partial charge in [0.1, 0.15) is 5.75 Å². The van der Waals surface area contributed by atoms with E-state index >= 15 is 0 Å². The predicted molar refractivity (Wildman–Crippen MR) is 107 cm³/mol. The molecule has 144 valence electrons. The lowest BCUT2D eigenvalue weighted by Crippen LogP contribution is -2.32. The van der Waals surface area contributed by atoms with E-state index in [1.807, 2.05) is 12.1 Å². The predicted octanol–water partition coefficient (Wildman–Crippen LogP) is 4.14. The molecule has 3 rings (SSSR count). The molecule has 0 saturated carbocycles. The fraction of sp³-hybridized carbons (Fsp3) is 0.368. The molecule has 2 heterocycles. The van der Waals surface area contributed by atoms with Crippen LogP contribution in [0, 0.1) is 0 Å². The smallest absolute Gasteiger partial charge is 0.410 e. The maximum absolute atomic E-state index is 11.9. The van der Waals surface area contributed by atoms with Crippen LogP contribution in [0.3, 0.4) is 0 Å². The molecule has 1 aromatic carbocycles. The van der Waals surface area contributed by atoms with Crippen LogP contribution in [0.25, 0.3) is 10.4 Å². The fourth-order valence-corrected chi connectivity index (χ4v) is 6.05. The summed E-state index contributed by atoms with van der Waals surface area (Å²) in [6.45, 7) is 0. The Morgan fingerprint density at radius 2 is 1.96 bits per heavy atom. The van der Waals surface area contributed by atoms with E-state index in [-0.39, 0.29) is 17.1 Å². The van der Waals surface area contributed by atoms with Crippen molar-refractivity contribution in [2.45, 2.75) is 30.4 Å². The van der Waals surface area contributed by atoms with Crippen molar-refractivity contribution in [3.8, 4) is 16.2 Å². The van der Waals surface area contributed by atoms with Crippen molar-refractivity contribution < 1.29 is 19.5 Å². The molecule has 0 spiro atoms. The van der Waals surface area contributed by atoms with E-state index in [1.165, 1.54) is 7.05 Å². The van der Waals surface area contributed by atoms with Crippen LogP contribution < -0.4 is 15.5 Å². The Balaban J connectivity index is 1.81. The lowest BCUT2D eigenvalue weighted by atomic mass is 9.94. The molecule has 6 nitrogen and oxygen atoms in total. The standard InChI is InChI=1S/C19H22N2O4S2/c1-20-18(23)25-14-6-4-13(5-7-14)15-8-9-16(27-15)19(12-17(22)21-24)10-2-3-11-26-19/h4-9,24H,2-3,10-12H2,1H3,(H,20,23)(H,21,22)/t19-/m0/s1. The van der Waals surface area contributed by atoms with E-state index in [9.17, 15) is 9.59 Å². The number of benzene rings is 1. The molecular weight excluding hydrogens is 384 g/mol. The van der Waals surface area contributed by atoms with Crippen molar-refractivity contribution in [2.24, 2.45) is 0 Å². The molecule has 1 saturated heterocycles. The number of ether oxygens (including phenoxy) is 1. The van der Waals surface area contributed by atoms with Gasteiger partial charge in [-0.3, -0.25) is 10.0 Å². The Morgan fingerprint density at radius 1 is 1.19 bits per heavy atom. The molecule has 2 aromatic rings. The van der Waals surface area contributed by atoms with Crippen LogP contribution in [0.15, 0.2) is 36.4 Å². The molecule has 8 heteroatoms. The Hall–Kier alpha value is -2.03. The first-order valence-corrected chi connectivity index (χ1v) is 10.5. The summed E-state index contributed by atoms with van der Waals surface area (Å²) in [5.41, 5.74) is 2.80. The third-order valence-electron chi connectivity index (χ3n) is 4.53. The van der Waals surface area contributed by atoms with Gasteiger partial charge in [0.25, 0.3) is 0 Å². The average Bonchev–Trinajstić information content (AvgIpc) is 3.20. The van der Waals surface area contributed by atoms with Crippen LogP contribution in [0.4, 0.5) is 4.79 Å². The lowest BCUT2D eigenvalue weighted by Gasteiger charge is -2.35.